The van der Waals surface area contributed by atoms with Crippen LogP contribution in [0.4, 0.5) is 5.69 Å². The molecule has 5 aromatic rings. The molecule has 0 fully saturated rings. The van der Waals surface area contributed by atoms with E-state index in [0.29, 0.717) is 12.5 Å². The molecule has 0 saturated heterocycles. The Hall–Kier alpha value is -3.70. The van der Waals surface area contributed by atoms with E-state index in [9.17, 15) is 0 Å². The Kier molecular flexibility index (Phi) is 5.81. The minimum atomic E-state index is 0.550. The molecule has 0 radical (unpaired) electrons. The second-order valence-corrected chi connectivity index (χ2v) is 8.20. The lowest BCUT2D eigenvalue weighted by Crippen LogP contribution is -1.94. The van der Waals surface area contributed by atoms with Gasteiger partial charge in [0.05, 0.1) is 5.69 Å². The van der Waals surface area contributed by atoms with E-state index in [-0.39, 0.29) is 0 Å². The quantitative estimate of drug-likeness (QED) is 0.234. The van der Waals surface area contributed by atoms with Crippen molar-refractivity contribution in [2.24, 2.45) is 4.99 Å². The molecule has 0 aliphatic rings. The van der Waals surface area contributed by atoms with Crippen molar-refractivity contribution in [3.63, 3.8) is 0 Å². The molecule has 1 aromatic heterocycles. The zero-order valence-electron chi connectivity index (χ0n) is 17.1. The van der Waals surface area contributed by atoms with Gasteiger partial charge in [-0.05, 0) is 71.8 Å². The molecule has 0 atom stereocenters. The summed E-state index contributed by atoms with van der Waals surface area (Å²) >= 11 is 3.48. The molecule has 4 aromatic carbocycles. The zero-order valence-corrected chi connectivity index (χ0v) is 18.7. The van der Waals surface area contributed by atoms with E-state index < -0.39 is 0 Å². The molecule has 0 aliphatic carbocycles. The van der Waals surface area contributed by atoms with Crippen LogP contribution in [0.25, 0.3) is 22.6 Å². The first kappa shape index (κ1) is 20.2. The standard InChI is InChI=1S/C27H19BrN2O2/c28-22-8-4-7-21(15-22)27-30-25-16-23(11-14-26(25)32-27)29-17-19-9-12-24(13-10-19)31-18-20-5-2-1-3-6-20/h1-17H,18H2. The Morgan fingerprint density at radius 2 is 1.72 bits per heavy atom. The Labute approximate surface area is 194 Å². The fourth-order valence-corrected chi connectivity index (χ4v) is 3.68. The average Bonchev–Trinajstić information content (AvgIpc) is 3.26. The van der Waals surface area contributed by atoms with Gasteiger partial charge in [0.2, 0.25) is 5.89 Å². The molecule has 0 aliphatic heterocycles. The fraction of sp³-hybridized carbons (Fsp3) is 0.0370. The van der Waals surface area contributed by atoms with Gasteiger partial charge in [-0.3, -0.25) is 4.99 Å². The number of halogens is 1. The van der Waals surface area contributed by atoms with Crippen molar-refractivity contribution in [1.29, 1.82) is 0 Å². The maximum absolute atomic E-state index is 5.90. The summed E-state index contributed by atoms with van der Waals surface area (Å²) in [6.45, 7) is 0.550. The number of rotatable bonds is 6. The number of aromatic nitrogens is 1. The first-order valence-corrected chi connectivity index (χ1v) is 11.0. The van der Waals surface area contributed by atoms with Crippen molar-refractivity contribution in [3.05, 3.63) is 113 Å². The zero-order chi connectivity index (χ0) is 21.8. The van der Waals surface area contributed by atoms with Crippen LogP contribution in [0, 0.1) is 0 Å². The highest BCUT2D eigenvalue weighted by Crippen LogP contribution is 2.28. The molecule has 156 valence electrons. The van der Waals surface area contributed by atoms with Gasteiger partial charge in [0.15, 0.2) is 5.58 Å². The van der Waals surface area contributed by atoms with Crippen LogP contribution in [0.3, 0.4) is 0 Å². The van der Waals surface area contributed by atoms with Crippen molar-refractivity contribution in [2.75, 3.05) is 0 Å². The Morgan fingerprint density at radius 3 is 2.53 bits per heavy atom. The summed E-state index contributed by atoms with van der Waals surface area (Å²) in [5, 5.41) is 0. The van der Waals surface area contributed by atoms with Crippen LogP contribution in [-0.4, -0.2) is 11.2 Å². The van der Waals surface area contributed by atoms with Crippen molar-refractivity contribution in [3.8, 4) is 17.2 Å². The van der Waals surface area contributed by atoms with Gasteiger partial charge in [-0.2, -0.15) is 0 Å². The van der Waals surface area contributed by atoms with Crippen molar-refractivity contribution in [2.45, 2.75) is 6.61 Å². The highest BCUT2D eigenvalue weighted by molar-refractivity contribution is 9.10. The summed E-state index contributed by atoms with van der Waals surface area (Å²) < 4.78 is 12.7. The van der Waals surface area contributed by atoms with Crippen LogP contribution >= 0.6 is 15.9 Å². The molecule has 0 spiro atoms. The van der Waals surface area contributed by atoms with Crippen LogP contribution in [0.1, 0.15) is 11.1 Å². The molecule has 0 saturated carbocycles. The van der Waals surface area contributed by atoms with Crippen LogP contribution in [-0.2, 0) is 6.61 Å². The minimum absolute atomic E-state index is 0.550. The third-order valence-electron chi connectivity index (χ3n) is 4.93. The lowest BCUT2D eigenvalue weighted by atomic mass is 10.2. The predicted octanol–water partition coefficient (Wildman–Crippen LogP) is 7.59. The Bertz CT molecular complexity index is 1380. The molecule has 32 heavy (non-hydrogen) atoms. The highest BCUT2D eigenvalue weighted by Gasteiger charge is 2.09. The summed E-state index contributed by atoms with van der Waals surface area (Å²) in [5.41, 5.74) is 5.39. The maximum atomic E-state index is 5.90. The van der Waals surface area contributed by atoms with E-state index in [1.54, 1.807) is 0 Å². The van der Waals surface area contributed by atoms with Crippen LogP contribution in [0.5, 0.6) is 5.75 Å². The fourth-order valence-electron chi connectivity index (χ4n) is 3.28. The summed E-state index contributed by atoms with van der Waals surface area (Å²) in [6.07, 6.45) is 1.83. The van der Waals surface area contributed by atoms with Gasteiger partial charge in [0, 0.05) is 16.3 Å². The van der Waals surface area contributed by atoms with Crippen LogP contribution in [0.15, 0.2) is 111 Å². The summed E-state index contributed by atoms with van der Waals surface area (Å²) in [4.78, 5) is 9.21. The summed E-state index contributed by atoms with van der Waals surface area (Å²) in [5.74, 6) is 1.42. The monoisotopic (exact) mass is 482 g/mol. The predicted molar refractivity (Wildman–Crippen MR) is 132 cm³/mol. The van der Waals surface area contributed by atoms with Gasteiger partial charge in [0.25, 0.3) is 0 Å². The van der Waals surface area contributed by atoms with E-state index in [1.165, 1.54) is 0 Å². The average molecular weight is 483 g/mol. The topological polar surface area (TPSA) is 47.6 Å². The minimum Gasteiger partial charge on any atom is -0.489 e. The molecular formula is C27H19BrN2O2. The van der Waals surface area contributed by atoms with E-state index in [1.807, 2.05) is 91.1 Å². The normalized spacial score (nSPS) is 11.3. The number of aliphatic imine (C=N–C) groups is 1. The van der Waals surface area contributed by atoms with Crippen LogP contribution in [0.2, 0.25) is 0 Å². The third-order valence-corrected chi connectivity index (χ3v) is 5.43. The second kappa shape index (κ2) is 9.20. The van der Waals surface area contributed by atoms with Gasteiger partial charge in [-0.1, -0.05) is 52.3 Å². The smallest absolute Gasteiger partial charge is 0.227 e. The number of fused-ring (bicyclic) bond motifs is 1. The SMILES string of the molecule is Brc1cccc(-c2nc3cc(N=Cc4ccc(OCc5ccccc5)cc4)ccc3o2)c1. The van der Waals surface area contributed by atoms with E-state index in [4.69, 9.17) is 9.15 Å². The molecular weight excluding hydrogens is 464 g/mol. The molecule has 5 heteroatoms. The first-order chi connectivity index (χ1) is 15.7. The number of oxazole rings is 1. The molecule has 5 rings (SSSR count). The van der Waals surface area contributed by atoms with Crippen LogP contribution < -0.4 is 4.74 Å². The molecule has 0 unspecified atom stereocenters. The number of nitrogens with zero attached hydrogens (tertiary/aromatic N) is 2. The molecule has 1 heterocycles. The van der Waals surface area contributed by atoms with Gasteiger partial charge < -0.3 is 9.15 Å². The lowest BCUT2D eigenvalue weighted by molar-refractivity contribution is 0.306. The number of hydrogen-bond donors (Lipinski definition) is 0. The van der Waals surface area contributed by atoms with E-state index in [2.05, 4.69) is 38.0 Å². The first-order valence-electron chi connectivity index (χ1n) is 10.2. The Balaban J connectivity index is 1.28. The summed E-state index contributed by atoms with van der Waals surface area (Å²) in [6, 6.07) is 31.6. The lowest BCUT2D eigenvalue weighted by Gasteiger charge is -2.06. The molecule has 0 amide bonds. The number of benzene rings is 4. The van der Waals surface area contributed by atoms with Gasteiger partial charge in [-0.25, -0.2) is 4.98 Å². The van der Waals surface area contributed by atoms with Crippen molar-refractivity contribution >= 4 is 38.9 Å². The third kappa shape index (κ3) is 4.79. The Morgan fingerprint density at radius 1 is 0.875 bits per heavy atom. The summed E-state index contributed by atoms with van der Waals surface area (Å²) in [7, 11) is 0. The molecule has 0 N–H and O–H groups in total. The van der Waals surface area contributed by atoms with Gasteiger partial charge in [-0.15, -0.1) is 0 Å². The van der Waals surface area contributed by atoms with E-state index in [0.717, 1.165) is 43.7 Å². The van der Waals surface area contributed by atoms with Crippen molar-refractivity contribution in [1.82, 2.24) is 4.98 Å². The van der Waals surface area contributed by atoms with Gasteiger partial charge in [0.1, 0.15) is 17.9 Å². The van der Waals surface area contributed by atoms with Crippen molar-refractivity contribution < 1.29 is 9.15 Å². The van der Waals surface area contributed by atoms with Gasteiger partial charge >= 0.3 is 0 Å². The number of hydrogen-bond acceptors (Lipinski definition) is 4. The second-order valence-electron chi connectivity index (χ2n) is 7.28. The van der Waals surface area contributed by atoms with E-state index >= 15 is 0 Å². The molecule has 4 nitrogen and oxygen atoms in total. The molecule has 0 bridgehead atoms. The largest absolute Gasteiger partial charge is 0.489 e. The highest BCUT2D eigenvalue weighted by atomic mass is 79.9. The number of ether oxygens (including phenoxy) is 1. The maximum Gasteiger partial charge on any atom is 0.227 e.